The molecule has 1 aromatic heterocycles. The number of hydrogen-bond acceptors (Lipinski definition) is 6. The van der Waals surface area contributed by atoms with E-state index in [1.807, 2.05) is 37.3 Å². The van der Waals surface area contributed by atoms with Crippen molar-refractivity contribution in [3.05, 3.63) is 46.3 Å². The maximum absolute atomic E-state index is 12.6. The van der Waals surface area contributed by atoms with Crippen molar-refractivity contribution in [3.8, 4) is 0 Å². The third-order valence-corrected chi connectivity index (χ3v) is 6.72. The summed E-state index contributed by atoms with van der Waals surface area (Å²) in [6.07, 6.45) is 4.08. The lowest BCUT2D eigenvalue weighted by Gasteiger charge is -2.15. The molecule has 0 N–H and O–H groups in total. The van der Waals surface area contributed by atoms with Crippen molar-refractivity contribution in [2.75, 3.05) is 17.3 Å². The second-order valence-electron chi connectivity index (χ2n) is 6.36. The van der Waals surface area contributed by atoms with Crippen LogP contribution in [0, 0.1) is 0 Å². The molecule has 2 heterocycles. The minimum atomic E-state index is -0.308. The molecule has 1 fully saturated rings. The standard InChI is InChI=1S/C20H20N2O3S2/c1-2-25-19(24)17-14-10-6-7-11-15(14)27-18(17)21-20-22(16(23)12-26-20)13-8-4-3-5-9-13/h3-5,8-9H,2,6-7,10-12H2,1H3/b21-20-. The van der Waals surface area contributed by atoms with Crippen molar-refractivity contribution in [3.63, 3.8) is 0 Å². The largest absolute Gasteiger partial charge is 0.462 e. The first kappa shape index (κ1) is 18.3. The lowest BCUT2D eigenvalue weighted by atomic mass is 9.95. The molecule has 1 aliphatic heterocycles. The van der Waals surface area contributed by atoms with Crippen LogP contribution < -0.4 is 4.90 Å². The average Bonchev–Trinajstić information content (AvgIpc) is 3.23. The third kappa shape index (κ3) is 3.53. The monoisotopic (exact) mass is 400 g/mol. The normalized spacial score (nSPS) is 18.0. The molecule has 0 unspecified atom stereocenters. The molecule has 0 atom stereocenters. The number of amides is 1. The summed E-state index contributed by atoms with van der Waals surface area (Å²) in [4.78, 5) is 32.7. The van der Waals surface area contributed by atoms with Gasteiger partial charge >= 0.3 is 5.97 Å². The predicted molar refractivity (Wildman–Crippen MR) is 110 cm³/mol. The number of nitrogens with zero attached hydrogens (tertiary/aromatic N) is 2. The number of ether oxygens (including phenoxy) is 1. The van der Waals surface area contributed by atoms with Gasteiger partial charge in [-0.2, -0.15) is 0 Å². The van der Waals surface area contributed by atoms with Crippen molar-refractivity contribution in [1.29, 1.82) is 0 Å². The number of anilines is 1. The van der Waals surface area contributed by atoms with Crippen LogP contribution in [-0.4, -0.2) is 29.4 Å². The number of hydrogen-bond donors (Lipinski definition) is 0. The van der Waals surface area contributed by atoms with E-state index in [-0.39, 0.29) is 11.9 Å². The maximum Gasteiger partial charge on any atom is 0.341 e. The number of aryl methyl sites for hydroxylation is 1. The van der Waals surface area contributed by atoms with E-state index in [0.717, 1.165) is 36.9 Å². The van der Waals surface area contributed by atoms with Gasteiger partial charge in [0.25, 0.3) is 0 Å². The van der Waals surface area contributed by atoms with Crippen LogP contribution in [0.25, 0.3) is 0 Å². The number of rotatable bonds is 4. The summed E-state index contributed by atoms with van der Waals surface area (Å²) in [6.45, 7) is 2.15. The van der Waals surface area contributed by atoms with Crippen molar-refractivity contribution < 1.29 is 14.3 Å². The molecule has 0 saturated carbocycles. The molecule has 1 aliphatic carbocycles. The molecule has 7 heteroatoms. The molecule has 0 radical (unpaired) electrons. The molecule has 0 bridgehead atoms. The Labute approximate surface area is 166 Å². The Morgan fingerprint density at radius 1 is 1.22 bits per heavy atom. The van der Waals surface area contributed by atoms with E-state index in [1.54, 1.807) is 16.2 Å². The maximum atomic E-state index is 12.6. The molecular weight excluding hydrogens is 380 g/mol. The molecular formula is C20H20N2O3S2. The lowest BCUT2D eigenvalue weighted by Crippen LogP contribution is -2.29. The molecule has 5 nitrogen and oxygen atoms in total. The molecule has 4 rings (SSSR count). The van der Waals surface area contributed by atoms with Crippen LogP contribution >= 0.6 is 23.1 Å². The van der Waals surface area contributed by atoms with Gasteiger partial charge in [-0.1, -0.05) is 30.0 Å². The molecule has 0 spiro atoms. The van der Waals surface area contributed by atoms with Crippen LogP contribution in [0.2, 0.25) is 0 Å². The highest BCUT2D eigenvalue weighted by molar-refractivity contribution is 8.15. The van der Waals surface area contributed by atoms with E-state index in [1.165, 1.54) is 16.6 Å². The number of carbonyl (C=O) groups excluding carboxylic acids is 2. The number of amidine groups is 1. The number of thioether (sulfide) groups is 1. The fourth-order valence-corrected chi connectivity index (χ4v) is 5.59. The molecule has 1 amide bonds. The second kappa shape index (κ2) is 7.86. The van der Waals surface area contributed by atoms with Gasteiger partial charge < -0.3 is 4.74 Å². The summed E-state index contributed by atoms with van der Waals surface area (Å²) in [5, 5.41) is 1.29. The van der Waals surface area contributed by atoms with Crippen molar-refractivity contribution in [1.82, 2.24) is 0 Å². The van der Waals surface area contributed by atoms with Crippen LogP contribution in [0.3, 0.4) is 0 Å². The average molecular weight is 401 g/mol. The Hall–Kier alpha value is -2.12. The van der Waals surface area contributed by atoms with Crippen LogP contribution in [0.15, 0.2) is 35.3 Å². The van der Waals surface area contributed by atoms with Crippen molar-refractivity contribution in [2.24, 2.45) is 4.99 Å². The van der Waals surface area contributed by atoms with Crippen LogP contribution in [0.4, 0.5) is 10.7 Å². The fraction of sp³-hybridized carbons (Fsp3) is 0.350. The summed E-state index contributed by atoms with van der Waals surface area (Å²) < 4.78 is 5.30. The molecule has 1 aromatic carbocycles. The molecule has 2 aromatic rings. The Balaban J connectivity index is 1.77. The molecule has 140 valence electrons. The van der Waals surface area contributed by atoms with Crippen molar-refractivity contribution in [2.45, 2.75) is 32.6 Å². The summed E-state index contributed by atoms with van der Waals surface area (Å²) in [5.41, 5.74) is 2.48. The number of fused-ring (bicyclic) bond motifs is 1. The van der Waals surface area contributed by atoms with Gasteiger partial charge in [-0.3, -0.25) is 9.69 Å². The minimum Gasteiger partial charge on any atom is -0.462 e. The van der Waals surface area contributed by atoms with E-state index in [4.69, 9.17) is 9.73 Å². The Morgan fingerprint density at radius 3 is 2.78 bits per heavy atom. The van der Waals surface area contributed by atoms with Gasteiger partial charge in [-0.15, -0.1) is 11.3 Å². The number of carbonyl (C=O) groups is 2. The van der Waals surface area contributed by atoms with Gasteiger partial charge in [0.1, 0.15) is 5.00 Å². The van der Waals surface area contributed by atoms with Gasteiger partial charge in [0, 0.05) is 4.88 Å². The third-order valence-electron chi connectivity index (χ3n) is 4.61. The van der Waals surface area contributed by atoms with Gasteiger partial charge in [-0.05, 0) is 50.3 Å². The van der Waals surface area contributed by atoms with Gasteiger partial charge in [0.15, 0.2) is 5.17 Å². The van der Waals surface area contributed by atoms with E-state index in [9.17, 15) is 9.59 Å². The predicted octanol–water partition coefficient (Wildman–Crippen LogP) is 4.57. The zero-order chi connectivity index (χ0) is 18.8. The van der Waals surface area contributed by atoms with E-state index in [2.05, 4.69) is 0 Å². The lowest BCUT2D eigenvalue weighted by molar-refractivity contribution is -0.115. The zero-order valence-electron chi connectivity index (χ0n) is 15.1. The summed E-state index contributed by atoms with van der Waals surface area (Å²) in [7, 11) is 0. The zero-order valence-corrected chi connectivity index (χ0v) is 16.7. The SMILES string of the molecule is CCOC(=O)c1c(/N=C2\SCC(=O)N2c2ccccc2)sc2c1CCCC2. The summed E-state index contributed by atoms with van der Waals surface area (Å²) >= 11 is 2.97. The number of thiophene rings is 1. The van der Waals surface area contributed by atoms with Crippen LogP contribution in [0.1, 0.15) is 40.6 Å². The number of aliphatic imine (C=N–C) groups is 1. The highest BCUT2D eigenvalue weighted by atomic mass is 32.2. The summed E-state index contributed by atoms with van der Waals surface area (Å²) in [5.74, 6) is 0.0499. The quantitative estimate of drug-likeness (QED) is 0.706. The first-order valence-electron chi connectivity index (χ1n) is 9.10. The number of benzene rings is 1. The number of para-hydroxylation sites is 1. The van der Waals surface area contributed by atoms with E-state index in [0.29, 0.717) is 28.1 Å². The topological polar surface area (TPSA) is 59.0 Å². The molecule has 1 saturated heterocycles. The van der Waals surface area contributed by atoms with E-state index >= 15 is 0 Å². The number of esters is 1. The first-order valence-corrected chi connectivity index (χ1v) is 10.9. The second-order valence-corrected chi connectivity index (χ2v) is 8.39. The fourth-order valence-electron chi connectivity index (χ4n) is 3.41. The van der Waals surface area contributed by atoms with Gasteiger partial charge in [0.05, 0.1) is 23.6 Å². The van der Waals surface area contributed by atoms with E-state index < -0.39 is 0 Å². The Kier molecular flexibility index (Phi) is 5.31. The first-order chi connectivity index (χ1) is 13.2. The van der Waals surface area contributed by atoms with Crippen molar-refractivity contribution >= 4 is 50.8 Å². The van der Waals surface area contributed by atoms with Gasteiger partial charge in [-0.25, -0.2) is 9.79 Å². The molecule has 2 aliphatic rings. The van der Waals surface area contributed by atoms with Crippen LogP contribution in [0.5, 0.6) is 0 Å². The highest BCUT2D eigenvalue weighted by Crippen LogP contribution is 2.41. The van der Waals surface area contributed by atoms with Gasteiger partial charge in [0.2, 0.25) is 5.91 Å². The Bertz CT molecular complexity index is 905. The minimum absolute atomic E-state index is 0.00366. The smallest absolute Gasteiger partial charge is 0.341 e. The highest BCUT2D eigenvalue weighted by Gasteiger charge is 2.32. The van der Waals surface area contributed by atoms with Crippen LogP contribution in [-0.2, 0) is 22.4 Å². The molecule has 27 heavy (non-hydrogen) atoms. The Morgan fingerprint density at radius 2 is 2.00 bits per heavy atom. The summed E-state index contributed by atoms with van der Waals surface area (Å²) in [6, 6.07) is 9.50.